The van der Waals surface area contributed by atoms with Gasteiger partial charge in [0, 0.05) is 11.5 Å². The molecular formula is C22H19N3O3S. The Morgan fingerprint density at radius 1 is 1.14 bits per heavy atom. The van der Waals surface area contributed by atoms with Crippen LogP contribution in [0.25, 0.3) is 0 Å². The van der Waals surface area contributed by atoms with E-state index in [0.29, 0.717) is 11.1 Å². The highest BCUT2D eigenvalue weighted by Gasteiger charge is 2.41. The van der Waals surface area contributed by atoms with Crippen molar-refractivity contribution in [3.8, 4) is 6.07 Å². The van der Waals surface area contributed by atoms with Crippen molar-refractivity contribution >= 4 is 29.4 Å². The molecule has 2 aromatic rings. The highest BCUT2D eigenvalue weighted by Crippen LogP contribution is 2.39. The molecule has 2 aromatic carbocycles. The Balaban J connectivity index is 1.94. The van der Waals surface area contributed by atoms with Gasteiger partial charge in [-0.05, 0) is 12.5 Å². The minimum atomic E-state index is -1.09. The average Bonchev–Trinajstić information content (AvgIpc) is 2.72. The number of nitrogens with two attached hydrogens (primary N) is 1. The van der Waals surface area contributed by atoms with E-state index in [-0.39, 0.29) is 22.1 Å². The second kappa shape index (κ2) is 8.76. The van der Waals surface area contributed by atoms with Crippen LogP contribution in [0, 0.1) is 24.2 Å². The molecule has 7 heteroatoms. The second-order valence-electron chi connectivity index (χ2n) is 6.67. The van der Waals surface area contributed by atoms with Gasteiger partial charge in [-0.1, -0.05) is 71.9 Å². The second-order valence-corrected chi connectivity index (χ2v) is 7.65. The Bertz CT molecular complexity index is 1020. The third kappa shape index (κ3) is 4.39. The van der Waals surface area contributed by atoms with Crippen LogP contribution in [-0.2, 0) is 9.59 Å². The molecule has 3 rings (SSSR count). The van der Waals surface area contributed by atoms with Gasteiger partial charge < -0.3 is 11.1 Å². The van der Waals surface area contributed by atoms with E-state index in [1.807, 2.05) is 25.1 Å². The number of hydrogen-bond acceptors (Lipinski definition) is 5. The van der Waals surface area contributed by atoms with Crippen LogP contribution < -0.4 is 11.1 Å². The van der Waals surface area contributed by atoms with E-state index in [9.17, 15) is 19.6 Å². The van der Waals surface area contributed by atoms with Crippen LogP contribution in [0.1, 0.15) is 27.4 Å². The van der Waals surface area contributed by atoms with Crippen molar-refractivity contribution in [3.63, 3.8) is 0 Å². The number of carbonyl (C=O) groups is 3. The molecule has 1 heterocycles. The number of hydrogen-bond donors (Lipinski definition) is 2. The van der Waals surface area contributed by atoms with Crippen molar-refractivity contribution in [3.05, 3.63) is 81.9 Å². The van der Waals surface area contributed by atoms with E-state index in [2.05, 4.69) is 5.32 Å². The van der Waals surface area contributed by atoms with E-state index >= 15 is 0 Å². The first-order chi connectivity index (χ1) is 13.9. The van der Waals surface area contributed by atoms with Crippen molar-refractivity contribution in [1.82, 2.24) is 5.32 Å². The number of amides is 2. The lowest BCUT2D eigenvalue weighted by molar-refractivity contribution is -0.123. The monoisotopic (exact) mass is 405 g/mol. The molecule has 29 heavy (non-hydrogen) atoms. The minimum Gasteiger partial charge on any atom is -0.366 e. The molecule has 0 aliphatic carbocycles. The van der Waals surface area contributed by atoms with Gasteiger partial charge in [0.1, 0.15) is 5.92 Å². The summed E-state index contributed by atoms with van der Waals surface area (Å²) in [5, 5.41) is 12.3. The van der Waals surface area contributed by atoms with Crippen LogP contribution in [0.4, 0.5) is 0 Å². The van der Waals surface area contributed by atoms with Crippen LogP contribution >= 0.6 is 11.8 Å². The fourth-order valence-electron chi connectivity index (χ4n) is 3.21. The Labute approximate surface area is 172 Å². The van der Waals surface area contributed by atoms with E-state index in [0.717, 1.165) is 17.3 Å². The first-order valence-electron chi connectivity index (χ1n) is 8.94. The molecular weight excluding hydrogens is 386 g/mol. The number of thioether (sulfide) groups is 1. The fraction of sp³-hybridized carbons (Fsp3) is 0.182. The molecule has 0 aromatic heterocycles. The Morgan fingerprint density at radius 2 is 1.79 bits per heavy atom. The topological polar surface area (TPSA) is 113 Å². The Kier molecular flexibility index (Phi) is 6.15. The van der Waals surface area contributed by atoms with Gasteiger partial charge in [-0.15, -0.1) is 0 Å². The summed E-state index contributed by atoms with van der Waals surface area (Å²) >= 11 is 1.04. The summed E-state index contributed by atoms with van der Waals surface area (Å²) in [6, 6.07) is 18.0. The fourth-order valence-corrected chi connectivity index (χ4v) is 4.21. The highest BCUT2D eigenvalue weighted by molar-refractivity contribution is 8.03. The molecule has 146 valence electrons. The zero-order valence-electron chi connectivity index (χ0n) is 15.7. The number of ketones is 1. The van der Waals surface area contributed by atoms with Gasteiger partial charge in [0.2, 0.25) is 11.8 Å². The molecule has 0 fully saturated rings. The maximum Gasteiger partial charge on any atom is 0.247 e. The number of rotatable bonds is 6. The van der Waals surface area contributed by atoms with Crippen molar-refractivity contribution in [2.24, 2.45) is 11.7 Å². The van der Waals surface area contributed by atoms with Gasteiger partial charge in [-0.2, -0.15) is 5.26 Å². The third-order valence-corrected chi connectivity index (χ3v) is 5.71. The SMILES string of the molecule is Cc1ccc(C(=O)CSC2=C(C(N)=O)C(c3ccccc3)C(C#N)C(=O)N2)cc1. The first-order valence-corrected chi connectivity index (χ1v) is 9.93. The summed E-state index contributed by atoms with van der Waals surface area (Å²) in [6.07, 6.45) is 0. The largest absolute Gasteiger partial charge is 0.366 e. The minimum absolute atomic E-state index is 0.0220. The van der Waals surface area contributed by atoms with Crippen molar-refractivity contribution in [2.45, 2.75) is 12.8 Å². The molecule has 0 bridgehead atoms. The number of primary amides is 1. The Hall–Kier alpha value is -3.37. The maximum atomic E-state index is 12.5. The van der Waals surface area contributed by atoms with Gasteiger partial charge in [0.05, 0.1) is 22.4 Å². The highest BCUT2D eigenvalue weighted by atomic mass is 32.2. The lowest BCUT2D eigenvalue weighted by atomic mass is 9.78. The van der Waals surface area contributed by atoms with Gasteiger partial charge in [0.25, 0.3) is 0 Å². The molecule has 2 atom stereocenters. The zero-order valence-corrected chi connectivity index (χ0v) is 16.5. The van der Waals surface area contributed by atoms with E-state index < -0.39 is 23.7 Å². The van der Waals surface area contributed by atoms with E-state index in [4.69, 9.17) is 5.73 Å². The molecule has 3 N–H and O–H groups in total. The number of aryl methyl sites for hydroxylation is 1. The number of nitrogens with one attached hydrogen (secondary N) is 1. The number of Topliss-reactive ketones (excluding diaryl/α,β-unsaturated/α-hetero) is 1. The van der Waals surface area contributed by atoms with E-state index in [1.54, 1.807) is 42.5 Å². The normalized spacial score (nSPS) is 18.7. The standard InChI is InChI=1S/C22H19N3O3S/c1-13-7-9-14(10-8-13)17(26)12-29-22-19(20(24)27)18(15-5-3-2-4-6-15)16(11-23)21(28)25-22/h2-10,16,18H,12H2,1H3,(H2,24,27)(H,25,28). The molecule has 6 nitrogen and oxygen atoms in total. The molecule has 1 aliphatic heterocycles. The third-order valence-electron chi connectivity index (χ3n) is 4.69. The maximum absolute atomic E-state index is 12.5. The number of nitrogens with zero attached hydrogens (tertiary/aromatic N) is 1. The summed E-state index contributed by atoms with van der Waals surface area (Å²) in [6.45, 7) is 1.93. The van der Waals surface area contributed by atoms with Crippen LogP contribution in [0.3, 0.4) is 0 Å². The molecule has 2 amide bonds. The summed E-state index contributed by atoms with van der Waals surface area (Å²) < 4.78 is 0. The van der Waals surface area contributed by atoms with E-state index in [1.165, 1.54) is 0 Å². The number of benzene rings is 2. The zero-order chi connectivity index (χ0) is 21.0. The van der Waals surface area contributed by atoms with Crippen molar-refractivity contribution < 1.29 is 14.4 Å². The van der Waals surface area contributed by atoms with Gasteiger partial charge in [0.15, 0.2) is 5.78 Å². The van der Waals surface area contributed by atoms with Gasteiger partial charge in [-0.3, -0.25) is 14.4 Å². The smallest absolute Gasteiger partial charge is 0.247 e. The molecule has 1 aliphatic rings. The van der Waals surface area contributed by atoms with Gasteiger partial charge in [-0.25, -0.2) is 0 Å². The van der Waals surface area contributed by atoms with Crippen LogP contribution in [0.2, 0.25) is 0 Å². The first kappa shape index (κ1) is 20.4. The predicted octanol–water partition coefficient (Wildman–Crippen LogP) is 2.66. The average molecular weight is 405 g/mol. The predicted molar refractivity (Wildman–Crippen MR) is 111 cm³/mol. The summed E-state index contributed by atoms with van der Waals surface area (Å²) in [4.78, 5) is 37.3. The molecule has 0 radical (unpaired) electrons. The summed E-state index contributed by atoms with van der Waals surface area (Å²) in [5.41, 5.74) is 8.00. The van der Waals surface area contributed by atoms with Crippen molar-refractivity contribution in [2.75, 3.05) is 5.75 Å². The quantitative estimate of drug-likeness (QED) is 0.718. The Morgan fingerprint density at radius 3 is 2.38 bits per heavy atom. The lowest BCUT2D eigenvalue weighted by Crippen LogP contribution is -2.42. The summed E-state index contributed by atoms with van der Waals surface area (Å²) in [5.74, 6) is -3.24. The molecule has 0 spiro atoms. The van der Waals surface area contributed by atoms with Crippen LogP contribution in [-0.4, -0.2) is 23.4 Å². The molecule has 0 saturated heterocycles. The van der Waals surface area contributed by atoms with Crippen molar-refractivity contribution in [1.29, 1.82) is 5.26 Å². The molecule has 0 saturated carbocycles. The summed E-state index contributed by atoms with van der Waals surface area (Å²) in [7, 11) is 0. The van der Waals surface area contributed by atoms with Crippen LogP contribution in [0.15, 0.2) is 65.2 Å². The van der Waals surface area contributed by atoms with Crippen LogP contribution in [0.5, 0.6) is 0 Å². The van der Waals surface area contributed by atoms with Gasteiger partial charge >= 0.3 is 0 Å². The number of nitriles is 1. The molecule has 2 unspecified atom stereocenters. The lowest BCUT2D eigenvalue weighted by Gasteiger charge is -2.30. The number of carbonyl (C=O) groups excluding carboxylic acids is 3.